The zero-order chi connectivity index (χ0) is 14.3. The predicted octanol–water partition coefficient (Wildman–Crippen LogP) is 0.399. The zero-order valence-corrected chi connectivity index (χ0v) is 10.4. The van der Waals surface area contributed by atoms with Crippen LogP contribution in [0.2, 0.25) is 0 Å². The summed E-state index contributed by atoms with van der Waals surface area (Å²) in [6.07, 6.45) is -0.948. The molecule has 18 heavy (non-hydrogen) atoms. The number of carbonyl (C=O) groups excluding carboxylic acids is 1. The number of rotatable bonds is 8. The van der Waals surface area contributed by atoms with Crippen molar-refractivity contribution >= 4 is 17.9 Å². The second-order valence-electron chi connectivity index (χ2n) is 4.17. The van der Waals surface area contributed by atoms with E-state index in [4.69, 9.17) is 14.9 Å². The maximum Gasteiger partial charge on any atom is 0.336 e. The molecule has 7 heteroatoms. The monoisotopic (exact) mass is 262 g/mol. The fourth-order valence-electron chi connectivity index (χ4n) is 1.43. The van der Waals surface area contributed by atoms with Gasteiger partial charge in [0.15, 0.2) is 5.60 Å². The van der Waals surface area contributed by atoms with Gasteiger partial charge in [0.05, 0.1) is 18.9 Å². The van der Waals surface area contributed by atoms with E-state index in [-0.39, 0.29) is 0 Å². The van der Waals surface area contributed by atoms with Gasteiger partial charge in [0.1, 0.15) is 0 Å². The van der Waals surface area contributed by atoms with E-state index in [9.17, 15) is 19.5 Å². The van der Waals surface area contributed by atoms with Gasteiger partial charge in [-0.2, -0.15) is 0 Å². The lowest BCUT2D eigenvalue weighted by Gasteiger charge is -2.21. The number of aliphatic hydroxyl groups is 1. The Kier molecular flexibility index (Phi) is 6.32. The maximum absolute atomic E-state index is 11.4. The van der Waals surface area contributed by atoms with E-state index in [2.05, 4.69) is 0 Å². The standard InChI is InChI=1S/C11H18O7/c1-3-4-7(2)18-9(14)6-11(17,10(15)16)5-8(12)13/h7,17H,3-6H2,1-2H3,(H,12,13)(H,15,16). The number of aliphatic carboxylic acids is 2. The summed E-state index contributed by atoms with van der Waals surface area (Å²) >= 11 is 0. The third-order valence-electron chi connectivity index (χ3n) is 2.31. The van der Waals surface area contributed by atoms with Gasteiger partial charge < -0.3 is 20.1 Å². The van der Waals surface area contributed by atoms with Crippen molar-refractivity contribution in [3.63, 3.8) is 0 Å². The van der Waals surface area contributed by atoms with E-state index >= 15 is 0 Å². The summed E-state index contributed by atoms with van der Waals surface area (Å²) in [6, 6.07) is 0. The van der Waals surface area contributed by atoms with Crippen molar-refractivity contribution in [2.24, 2.45) is 0 Å². The van der Waals surface area contributed by atoms with Crippen LogP contribution in [0.4, 0.5) is 0 Å². The highest BCUT2D eigenvalue weighted by Gasteiger charge is 2.41. The van der Waals surface area contributed by atoms with Crippen molar-refractivity contribution in [3.8, 4) is 0 Å². The van der Waals surface area contributed by atoms with Crippen molar-refractivity contribution in [2.45, 2.75) is 51.2 Å². The van der Waals surface area contributed by atoms with E-state index in [1.165, 1.54) is 0 Å². The van der Waals surface area contributed by atoms with Gasteiger partial charge in [-0.05, 0) is 13.3 Å². The molecule has 104 valence electrons. The Morgan fingerprint density at radius 2 is 1.78 bits per heavy atom. The lowest BCUT2D eigenvalue weighted by molar-refractivity contribution is -0.173. The van der Waals surface area contributed by atoms with Gasteiger partial charge >= 0.3 is 17.9 Å². The molecule has 0 aliphatic heterocycles. The molecule has 0 aromatic carbocycles. The molecule has 0 fully saturated rings. The number of carbonyl (C=O) groups is 3. The number of esters is 1. The average molecular weight is 262 g/mol. The zero-order valence-electron chi connectivity index (χ0n) is 10.4. The Morgan fingerprint density at radius 1 is 1.22 bits per heavy atom. The van der Waals surface area contributed by atoms with Crippen molar-refractivity contribution < 1.29 is 34.4 Å². The van der Waals surface area contributed by atoms with Crippen molar-refractivity contribution in [2.75, 3.05) is 0 Å². The molecular formula is C11H18O7. The van der Waals surface area contributed by atoms with Crippen LogP contribution in [0.3, 0.4) is 0 Å². The summed E-state index contributed by atoms with van der Waals surface area (Å²) in [7, 11) is 0. The molecule has 0 amide bonds. The third kappa shape index (κ3) is 5.62. The summed E-state index contributed by atoms with van der Waals surface area (Å²) in [5.41, 5.74) is -2.63. The number of carboxylic acid groups (broad SMARTS) is 2. The van der Waals surface area contributed by atoms with Crippen LogP contribution in [0.25, 0.3) is 0 Å². The van der Waals surface area contributed by atoms with Gasteiger partial charge in [-0.3, -0.25) is 9.59 Å². The average Bonchev–Trinajstić information content (AvgIpc) is 2.15. The van der Waals surface area contributed by atoms with Crippen LogP contribution in [0.15, 0.2) is 0 Å². The topological polar surface area (TPSA) is 121 Å². The lowest BCUT2D eigenvalue weighted by atomic mass is 9.96. The Bertz CT molecular complexity index is 325. The molecule has 7 nitrogen and oxygen atoms in total. The third-order valence-corrected chi connectivity index (χ3v) is 2.31. The quantitative estimate of drug-likeness (QED) is 0.541. The Labute approximate surface area is 104 Å². The normalized spacial score (nSPS) is 15.5. The fourth-order valence-corrected chi connectivity index (χ4v) is 1.43. The second kappa shape index (κ2) is 6.95. The number of hydrogen-bond acceptors (Lipinski definition) is 5. The van der Waals surface area contributed by atoms with E-state index in [1.54, 1.807) is 6.92 Å². The first-order chi connectivity index (χ1) is 8.21. The minimum atomic E-state index is -2.63. The predicted molar refractivity (Wildman–Crippen MR) is 59.9 cm³/mol. The van der Waals surface area contributed by atoms with E-state index < -0.39 is 42.5 Å². The van der Waals surface area contributed by atoms with Crippen LogP contribution in [0.5, 0.6) is 0 Å². The Morgan fingerprint density at radius 3 is 2.17 bits per heavy atom. The van der Waals surface area contributed by atoms with E-state index in [0.29, 0.717) is 6.42 Å². The van der Waals surface area contributed by atoms with Crippen LogP contribution >= 0.6 is 0 Å². The Hall–Kier alpha value is -1.63. The SMILES string of the molecule is CCCC(C)OC(=O)CC(O)(CC(=O)O)C(=O)O. The number of ether oxygens (including phenoxy) is 1. The number of carboxylic acids is 2. The van der Waals surface area contributed by atoms with Crippen LogP contribution in [0, 0.1) is 0 Å². The minimum absolute atomic E-state index is 0.398. The van der Waals surface area contributed by atoms with Crippen LogP contribution < -0.4 is 0 Å². The summed E-state index contributed by atoms with van der Waals surface area (Å²) in [6.45, 7) is 3.53. The minimum Gasteiger partial charge on any atom is -0.481 e. The molecule has 0 saturated carbocycles. The molecule has 0 heterocycles. The van der Waals surface area contributed by atoms with E-state index in [0.717, 1.165) is 6.42 Å². The smallest absolute Gasteiger partial charge is 0.336 e. The first-order valence-electron chi connectivity index (χ1n) is 5.58. The molecular weight excluding hydrogens is 244 g/mol. The molecule has 0 aliphatic carbocycles. The molecule has 0 aliphatic rings. The van der Waals surface area contributed by atoms with Gasteiger partial charge in [-0.15, -0.1) is 0 Å². The molecule has 0 spiro atoms. The van der Waals surface area contributed by atoms with Gasteiger partial charge in [0, 0.05) is 0 Å². The maximum atomic E-state index is 11.4. The van der Waals surface area contributed by atoms with Crippen molar-refractivity contribution in [1.82, 2.24) is 0 Å². The molecule has 3 N–H and O–H groups in total. The molecule has 0 aromatic rings. The molecule has 0 saturated heterocycles. The van der Waals surface area contributed by atoms with Crippen molar-refractivity contribution in [1.29, 1.82) is 0 Å². The largest absolute Gasteiger partial charge is 0.481 e. The van der Waals surface area contributed by atoms with Crippen LogP contribution in [-0.4, -0.2) is 44.9 Å². The number of hydrogen-bond donors (Lipinski definition) is 3. The molecule has 0 bridgehead atoms. The Balaban J connectivity index is 4.55. The highest BCUT2D eigenvalue weighted by molar-refractivity contribution is 5.88. The van der Waals surface area contributed by atoms with Crippen LogP contribution in [-0.2, 0) is 19.1 Å². The molecule has 0 aromatic heterocycles. The van der Waals surface area contributed by atoms with Gasteiger partial charge in [-0.25, -0.2) is 4.79 Å². The lowest BCUT2D eigenvalue weighted by Crippen LogP contribution is -2.43. The van der Waals surface area contributed by atoms with Crippen molar-refractivity contribution in [3.05, 3.63) is 0 Å². The first-order valence-corrected chi connectivity index (χ1v) is 5.58. The molecule has 2 atom stereocenters. The van der Waals surface area contributed by atoms with Gasteiger partial charge in [-0.1, -0.05) is 13.3 Å². The first kappa shape index (κ1) is 16.4. The highest BCUT2D eigenvalue weighted by Crippen LogP contribution is 2.18. The summed E-state index contributed by atoms with van der Waals surface area (Å²) in [5, 5.41) is 26.8. The van der Waals surface area contributed by atoms with Gasteiger partial charge in [0.2, 0.25) is 0 Å². The second-order valence-corrected chi connectivity index (χ2v) is 4.17. The summed E-state index contributed by atoms with van der Waals surface area (Å²) < 4.78 is 4.86. The van der Waals surface area contributed by atoms with Gasteiger partial charge in [0.25, 0.3) is 0 Å². The fraction of sp³-hybridized carbons (Fsp3) is 0.727. The highest BCUT2D eigenvalue weighted by atomic mass is 16.5. The molecule has 0 radical (unpaired) electrons. The summed E-state index contributed by atoms with van der Waals surface area (Å²) in [5.74, 6) is -4.19. The molecule has 2 unspecified atom stereocenters. The molecule has 0 rings (SSSR count). The summed E-state index contributed by atoms with van der Waals surface area (Å²) in [4.78, 5) is 32.6. The van der Waals surface area contributed by atoms with Crippen LogP contribution in [0.1, 0.15) is 39.5 Å². The van der Waals surface area contributed by atoms with E-state index in [1.807, 2.05) is 6.92 Å².